The molecular weight excluding hydrogens is 444 g/mol. The van der Waals surface area contributed by atoms with Gasteiger partial charge in [0.1, 0.15) is 23.0 Å². The highest BCUT2D eigenvalue weighted by Crippen LogP contribution is 2.14. The smallest absolute Gasteiger partial charge is 0.267 e. The van der Waals surface area contributed by atoms with E-state index in [9.17, 15) is 9.59 Å². The van der Waals surface area contributed by atoms with Crippen LogP contribution in [-0.4, -0.2) is 34.9 Å². The highest BCUT2D eigenvalue weighted by atomic mass is 16.5. The molecule has 0 aliphatic heterocycles. The van der Waals surface area contributed by atoms with Gasteiger partial charge in [0.25, 0.3) is 11.8 Å². The number of ether oxygens (including phenoxy) is 1. The van der Waals surface area contributed by atoms with Crippen LogP contribution in [0, 0.1) is 5.92 Å². The lowest BCUT2D eigenvalue weighted by molar-refractivity contribution is -0.117. The van der Waals surface area contributed by atoms with Crippen LogP contribution >= 0.6 is 0 Å². The average Bonchev–Trinajstić information content (AvgIpc) is 3.52. The quantitative estimate of drug-likeness (QED) is 0.298. The molecule has 0 aliphatic rings. The number of hydrogen-bond donors (Lipinski definition) is 3. The minimum absolute atomic E-state index is 0.0784. The molecule has 8 heteroatoms. The first-order valence-electron chi connectivity index (χ1n) is 11.5. The summed E-state index contributed by atoms with van der Waals surface area (Å²) in [7, 11) is 0. The maximum absolute atomic E-state index is 12.9. The van der Waals surface area contributed by atoms with Gasteiger partial charge in [0.2, 0.25) is 0 Å². The first kappa shape index (κ1) is 23.8. The summed E-state index contributed by atoms with van der Waals surface area (Å²) >= 11 is 0. The Kier molecular flexibility index (Phi) is 7.62. The predicted octanol–water partition coefficient (Wildman–Crippen LogP) is 4.32. The van der Waals surface area contributed by atoms with Crippen molar-refractivity contribution < 1.29 is 18.7 Å². The number of rotatable bonds is 10. The molecule has 2 aromatic carbocycles. The number of benzene rings is 2. The molecule has 8 nitrogen and oxygen atoms in total. The fraction of sp³-hybridized carbons (Fsp3) is 0.222. The second kappa shape index (κ2) is 11.2. The van der Waals surface area contributed by atoms with Crippen LogP contribution in [0.1, 0.15) is 35.8 Å². The number of para-hydroxylation sites is 2. The lowest BCUT2D eigenvalue weighted by atomic mass is 10.2. The predicted molar refractivity (Wildman–Crippen MR) is 134 cm³/mol. The number of fused-ring (bicyclic) bond motifs is 1. The summed E-state index contributed by atoms with van der Waals surface area (Å²) in [5.74, 6) is 1.47. The van der Waals surface area contributed by atoms with Gasteiger partial charge in [-0.15, -0.1) is 0 Å². The summed E-state index contributed by atoms with van der Waals surface area (Å²) in [6, 6.07) is 18.0. The van der Waals surface area contributed by atoms with Crippen molar-refractivity contribution in [1.29, 1.82) is 0 Å². The van der Waals surface area contributed by atoms with Crippen molar-refractivity contribution >= 4 is 28.9 Å². The summed E-state index contributed by atoms with van der Waals surface area (Å²) in [5, 5.41) is 5.53. The number of furan rings is 1. The number of hydrogen-bond acceptors (Lipinski definition) is 5. The Hall–Kier alpha value is -4.33. The van der Waals surface area contributed by atoms with Gasteiger partial charge < -0.3 is 24.8 Å². The Balaban J connectivity index is 1.40. The van der Waals surface area contributed by atoms with E-state index in [1.54, 1.807) is 36.4 Å². The molecule has 0 saturated heterocycles. The summed E-state index contributed by atoms with van der Waals surface area (Å²) in [5.41, 5.74) is 2.30. The Bertz CT molecular complexity index is 1270. The number of nitrogens with one attached hydrogen (secondary N) is 3. The van der Waals surface area contributed by atoms with E-state index < -0.39 is 11.8 Å². The lowest BCUT2D eigenvalue weighted by Crippen LogP contribution is -2.35. The molecule has 4 rings (SSSR count). The number of nitrogens with zero attached hydrogens (tertiary/aromatic N) is 1. The van der Waals surface area contributed by atoms with Crippen molar-refractivity contribution in [2.24, 2.45) is 5.92 Å². The normalized spacial score (nSPS) is 11.6. The summed E-state index contributed by atoms with van der Waals surface area (Å²) in [4.78, 5) is 33.5. The van der Waals surface area contributed by atoms with E-state index in [-0.39, 0.29) is 5.70 Å². The Morgan fingerprint density at radius 2 is 1.89 bits per heavy atom. The molecule has 2 amide bonds. The molecule has 0 unspecified atom stereocenters. The van der Waals surface area contributed by atoms with Crippen LogP contribution in [0.2, 0.25) is 0 Å². The van der Waals surface area contributed by atoms with Crippen molar-refractivity contribution in [3.63, 3.8) is 0 Å². The highest BCUT2D eigenvalue weighted by molar-refractivity contribution is 6.05. The number of carbonyl (C=O) groups excluding carboxylic acids is 2. The summed E-state index contributed by atoms with van der Waals surface area (Å²) < 4.78 is 11.0. The van der Waals surface area contributed by atoms with Gasteiger partial charge in [-0.25, -0.2) is 4.98 Å². The molecule has 2 heterocycles. The van der Waals surface area contributed by atoms with Crippen LogP contribution in [0.5, 0.6) is 5.75 Å². The van der Waals surface area contributed by atoms with E-state index in [1.807, 2.05) is 24.3 Å². The molecule has 2 aromatic heterocycles. The molecule has 0 fully saturated rings. The first-order chi connectivity index (χ1) is 17.0. The van der Waals surface area contributed by atoms with Gasteiger partial charge in [0.15, 0.2) is 0 Å². The minimum atomic E-state index is -0.428. The average molecular weight is 473 g/mol. The number of amides is 2. The van der Waals surface area contributed by atoms with E-state index in [1.165, 1.54) is 12.3 Å². The van der Waals surface area contributed by atoms with Gasteiger partial charge in [-0.2, -0.15) is 0 Å². The van der Waals surface area contributed by atoms with Crippen LogP contribution in [-0.2, 0) is 11.2 Å². The highest BCUT2D eigenvalue weighted by Gasteiger charge is 2.16. The molecule has 4 aromatic rings. The lowest BCUT2D eigenvalue weighted by Gasteiger charge is -2.11. The minimum Gasteiger partial charge on any atom is -0.493 e. The van der Waals surface area contributed by atoms with E-state index in [4.69, 9.17) is 9.15 Å². The standard InChI is InChI=1S/C27H28N4O4/c1-18(2)17-35-20-11-9-19(10-12-20)26(32)31-24(16-21-6-5-15-34-21)27(33)28-14-13-25-29-22-7-3-4-8-23(22)30-25/h3-12,15-16,18H,13-14,17H2,1-2H3,(H,28,33)(H,29,30)(H,31,32)/b24-16-. The van der Waals surface area contributed by atoms with Crippen molar-refractivity contribution in [3.8, 4) is 5.75 Å². The van der Waals surface area contributed by atoms with Gasteiger partial charge in [-0.05, 0) is 54.4 Å². The third-order valence-electron chi connectivity index (χ3n) is 5.11. The van der Waals surface area contributed by atoms with Crippen LogP contribution in [0.4, 0.5) is 0 Å². The van der Waals surface area contributed by atoms with Gasteiger partial charge >= 0.3 is 0 Å². The fourth-order valence-corrected chi connectivity index (χ4v) is 3.35. The maximum Gasteiger partial charge on any atom is 0.267 e. The monoisotopic (exact) mass is 472 g/mol. The number of imidazole rings is 1. The van der Waals surface area contributed by atoms with Crippen LogP contribution in [0.3, 0.4) is 0 Å². The fourth-order valence-electron chi connectivity index (χ4n) is 3.35. The van der Waals surface area contributed by atoms with E-state index >= 15 is 0 Å². The second-order valence-electron chi connectivity index (χ2n) is 8.46. The van der Waals surface area contributed by atoms with E-state index in [0.717, 1.165) is 16.9 Å². The molecule has 35 heavy (non-hydrogen) atoms. The topological polar surface area (TPSA) is 109 Å². The zero-order valence-corrected chi connectivity index (χ0v) is 19.7. The second-order valence-corrected chi connectivity index (χ2v) is 8.46. The largest absolute Gasteiger partial charge is 0.493 e. The molecule has 0 aliphatic carbocycles. The summed E-state index contributed by atoms with van der Waals surface area (Å²) in [6.07, 6.45) is 3.51. The van der Waals surface area contributed by atoms with Crippen molar-refractivity contribution in [1.82, 2.24) is 20.6 Å². The Morgan fingerprint density at radius 3 is 2.60 bits per heavy atom. The van der Waals surface area contributed by atoms with E-state index in [0.29, 0.717) is 42.6 Å². The molecular formula is C27H28N4O4. The summed E-state index contributed by atoms with van der Waals surface area (Å²) in [6.45, 7) is 5.06. The Morgan fingerprint density at radius 1 is 1.09 bits per heavy atom. The van der Waals surface area contributed by atoms with Crippen molar-refractivity contribution in [3.05, 3.63) is 89.8 Å². The van der Waals surface area contributed by atoms with E-state index in [2.05, 4.69) is 34.4 Å². The van der Waals surface area contributed by atoms with Gasteiger partial charge in [0.05, 0.1) is 23.9 Å². The third kappa shape index (κ3) is 6.60. The van der Waals surface area contributed by atoms with Gasteiger partial charge in [0, 0.05) is 24.6 Å². The van der Waals surface area contributed by atoms with Crippen LogP contribution in [0.25, 0.3) is 17.1 Å². The van der Waals surface area contributed by atoms with Crippen LogP contribution in [0.15, 0.2) is 77.0 Å². The molecule has 0 spiro atoms. The SMILES string of the molecule is CC(C)COc1ccc(C(=O)N/C(=C\c2ccco2)C(=O)NCCc2nc3ccccc3[nH]2)cc1. The molecule has 180 valence electrons. The third-order valence-corrected chi connectivity index (χ3v) is 5.11. The molecule has 0 bridgehead atoms. The van der Waals surface area contributed by atoms with Crippen molar-refractivity contribution in [2.75, 3.05) is 13.2 Å². The van der Waals surface area contributed by atoms with Crippen LogP contribution < -0.4 is 15.4 Å². The van der Waals surface area contributed by atoms with Crippen molar-refractivity contribution in [2.45, 2.75) is 20.3 Å². The zero-order chi connectivity index (χ0) is 24.6. The maximum atomic E-state index is 12.9. The Labute approximate surface area is 203 Å². The number of aromatic nitrogens is 2. The number of H-pyrrole nitrogens is 1. The number of aromatic amines is 1. The number of carbonyl (C=O) groups is 2. The van der Waals surface area contributed by atoms with Gasteiger partial charge in [-0.3, -0.25) is 9.59 Å². The molecule has 0 radical (unpaired) electrons. The first-order valence-corrected chi connectivity index (χ1v) is 11.5. The molecule has 3 N–H and O–H groups in total. The molecule has 0 atom stereocenters. The van der Waals surface area contributed by atoms with Gasteiger partial charge in [-0.1, -0.05) is 26.0 Å². The zero-order valence-electron chi connectivity index (χ0n) is 19.7. The molecule has 0 saturated carbocycles.